The molecule has 0 amide bonds. The first kappa shape index (κ1) is 16.0. The molecular weight excluding hydrogens is 261 g/mol. The number of ether oxygens (including phenoxy) is 1. The zero-order valence-corrected chi connectivity index (χ0v) is 10.4. The van der Waals surface area contributed by atoms with Gasteiger partial charge in [0.05, 0.1) is 11.5 Å². The summed E-state index contributed by atoms with van der Waals surface area (Å²) in [5, 5.41) is 0. The van der Waals surface area contributed by atoms with Gasteiger partial charge in [-0.2, -0.15) is 13.2 Å². The van der Waals surface area contributed by atoms with E-state index in [2.05, 4.69) is 4.74 Å². The van der Waals surface area contributed by atoms with E-state index in [0.717, 1.165) is 0 Å². The molecule has 4 nitrogen and oxygen atoms in total. The molecule has 0 unspecified atom stereocenters. The van der Waals surface area contributed by atoms with Crippen molar-refractivity contribution in [3.05, 3.63) is 11.0 Å². The van der Waals surface area contributed by atoms with Crippen LogP contribution in [0.2, 0.25) is 0 Å². The number of hydrogen-bond acceptors (Lipinski definition) is 4. The Morgan fingerprint density at radius 3 is 2.12 bits per heavy atom. The molecule has 0 aromatic rings. The number of hydrogen-bond donors (Lipinski definition) is 0. The predicted molar refractivity (Wildman–Crippen MR) is 54.5 cm³/mol. The molecule has 0 radical (unpaired) electrons. The van der Waals surface area contributed by atoms with Crippen molar-refractivity contribution >= 4 is 15.8 Å². The highest BCUT2D eigenvalue weighted by Crippen LogP contribution is 2.32. The van der Waals surface area contributed by atoms with Gasteiger partial charge in [0.25, 0.3) is 9.84 Å². The highest BCUT2D eigenvalue weighted by atomic mass is 32.2. The molecule has 0 saturated carbocycles. The molecule has 100 valence electrons. The summed E-state index contributed by atoms with van der Waals surface area (Å²) in [4.78, 5) is 10.0. The van der Waals surface area contributed by atoms with Crippen molar-refractivity contribution in [1.82, 2.24) is 0 Å². The van der Waals surface area contributed by atoms with E-state index in [-0.39, 0.29) is 6.61 Å². The zero-order valence-electron chi connectivity index (χ0n) is 9.54. The molecule has 0 aliphatic heterocycles. The summed E-state index contributed by atoms with van der Waals surface area (Å²) in [7, 11) is -5.49. The molecule has 0 saturated heterocycles. The van der Waals surface area contributed by atoms with Gasteiger partial charge in [0.2, 0.25) is 0 Å². The second-order valence-electron chi connectivity index (χ2n) is 3.40. The summed E-state index contributed by atoms with van der Waals surface area (Å²) in [6, 6.07) is 0. The number of allylic oxidation sites excluding steroid dienone is 1. The molecule has 0 spiro atoms. The van der Waals surface area contributed by atoms with Gasteiger partial charge >= 0.3 is 11.5 Å². The van der Waals surface area contributed by atoms with Crippen LogP contribution in [-0.2, 0) is 19.4 Å². The Hall–Kier alpha value is -1.05. The third kappa shape index (κ3) is 4.03. The van der Waals surface area contributed by atoms with Crippen molar-refractivity contribution in [1.29, 1.82) is 0 Å². The van der Waals surface area contributed by atoms with Crippen LogP contribution < -0.4 is 0 Å². The van der Waals surface area contributed by atoms with E-state index in [9.17, 15) is 26.4 Å². The van der Waals surface area contributed by atoms with Gasteiger partial charge in [-0.25, -0.2) is 13.2 Å². The number of carbonyl (C=O) groups excluding carboxylic acids is 1. The smallest absolute Gasteiger partial charge is 0.463 e. The van der Waals surface area contributed by atoms with E-state index in [1.165, 1.54) is 20.8 Å². The highest BCUT2D eigenvalue weighted by molar-refractivity contribution is 7.96. The number of esters is 1. The number of alkyl halides is 3. The Kier molecular flexibility index (Phi) is 5.18. The van der Waals surface area contributed by atoms with Crippen LogP contribution in [0.4, 0.5) is 13.2 Å². The molecule has 8 heteroatoms. The molecule has 0 aliphatic carbocycles. The van der Waals surface area contributed by atoms with E-state index >= 15 is 0 Å². The average Bonchev–Trinajstić information content (AvgIpc) is 2.12. The molecule has 0 atom stereocenters. The summed E-state index contributed by atoms with van der Waals surface area (Å²) in [6.07, 6.45) is 0.372. The summed E-state index contributed by atoms with van der Waals surface area (Å²) in [5.74, 6) is -2.07. The maximum absolute atomic E-state index is 12.3. The van der Waals surface area contributed by atoms with E-state index in [0.29, 0.717) is 6.08 Å². The van der Waals surface area contributed by atoms with Crippen LogP contribution in [-0.4, -0.2) is 26.5 Å². The van der Waals surface area contributed by atoms with Crippen LogP contribution in [0.3, 0.4) is 0 Å². The topological polar surface area (TPSA) is 60.4 Å². The van der Waals surface area contributed by atoms with E-state index in [1.807, 2.05) is 0 Å². The standard InChI is InChI=1S/C9H13F3O4S/c1-4-16-8(13)5-7(6(2)3)17(14,15)9(10,11)12/h5-6H,4H2,1-3H3/b7-5-. The van der Waals surface area contributed by atoms with Crippen LogP contribution in [0, 0.1) is 5.92 Å². The van der Waals surface area contributed by atoms with Gasteiger partial charge < -0.3 is 4.74 Å². The Morgan fingerprint density at radius 2 is 1.82 bits per heavy atom. The SMILES string of the molecule is CCOC(=O)/C=C(/C(C)C)S(=O)(=O)C(F)(F)F. The lowest BCUT2D eigenvalue weighted by atomic mass is 10.2. The first-order valence-electron chi connectivity index (χ1n) is 4.73. The summed E-state index contributed by atoms with van der Waals surface area (Å²) < 4.78 is 63.5. The predicted octanol–water partition coefficient (Wildman–Crippen LogP) is 2.02. The Bertz CT molecular complexity index is 406. The van der Waals surface area contributed by atoms with Crippen molar-refractivity contribution in [2.45, 2.75) is 26.3 Å². The molecule has 17 heavy (non-hydrogen) atoms. The molecule has 0 N–H and O–H groups in total. The molecule has 0 aromatic carbocycles. The van der Waals surface area contributed by atoms with Crippen LogP contribution in [0.1, 0.15) is 20.8 Å². The average molecular weight is 274 g/mol. The normalized spacial score (nSPS) is 13.9. The van der Waals surface area contributed by atoms with Crippen LogP contribution >= 0.6 is 0 Å². The quantitative estimate of drug-likeness (QED) is 0.581. The second-order valence-corrected chi connectivity index (χ2v) is 5.34. The zero-order chi connectivity index (χ0) is 13.9. The second kappa shape index (κ2) is 5.52. The molecule has 0 heterocycles. The molecule has 0 bridgehead atoms. The Morgan fingerprint density at radius 1 is 1.35 bits per heavy atom. The van der Waals surface area contributed by atoms with E-state index < -0.39 is 32.1 Å². The maximum atomic E-state index is 12.3. The molecule has 0 rings (SSSR count). The fraction of sp³-hybridized carbons (Fsp3) is 0.667. The minimum absolute atomic E-state index is 0.0488. The number of halogens is 3. The van der Waals surface area contributed by atoms with Gasteiger partial charge in [-0.3, -0.25) is 0 Å². The number of rotatable bonds is 4. The van der Waals surface area contributed by atoms with Crippen molar-refractivity contribution < 1.29 is 31.1 Å². The number of carbonyl (C=O) groups is 1. The first-order chi connectivity index (χ1) is 7.54. The summed E-state index contributed by atoms with van der Waals surface area (Å²) in [6.45, 7) is 3.90. The van der Waals surface area contributed by atoms with Gasteiger partial charge in [-0.05, 0) is 12.8 Å². The third-order valence-corrected chi connectivity index (χ3v) is 3.55. The minimum atomic E-state index is -5.49. The third-order valence-electron chi connectivity index (χ3n) is 1.73. The Labute approximate surface area is 97.4 Å². The van der Waals surface area contributed by atoms with Gasteiger partial charge in [0.15, 0.2) is 0 Å². The molecule has 0 aromatic heterocycles. The molecule has 0 aliphatic rings. The maximum Gasteiger partial charge on any atom is 0.501 e. The van der Waals surface area contributed by atoms with Crippen molar-refractivity contribution in [2.24, 2.45) is 5.92 Å². The first-order valence-corrected chi connectivity index (χ1v) is 6.22. The highest BCUT2D eigenvalue weighted by Gasteiger charge is 2.49. The largest absolute Gasteiger partial charge is 0.501 e. The van der Waals surface area contributed by atoms with Crippen molar-refractivity contribution in [3.63, 3.8) is 0 Å². The van der Waals surface area contributed by atoms with Crippen LogP contribution in [0.15, 0.2) is 11.0 Å². The summed E-state index contributed by atoms with van der Waals surface area (Å²) >= 11 is 0. The Balaban J connectivity index is 5.50. The van der Waals surface area contributed by atoms with Crippen molar-refractivity contribution in [3.8, 4) is 0 Å². The van der Waals surface area contributed by atoms with Crippen LogP contribution in [0.5, 0.6) is 0 Å². The fourth-order valence-corrected chi connectivity index (χ4v) is 2.13. The minimum Gasteiger partial charge on any atom is -0.463 e. The van der Waals surface area contributed by atoms with E-state index in [1.54, 1.807) is 0 Å². The lowest BCUT2D eigenvalue weighted by Gasteiger charge is -2.14. The molecular formula is C9H13F3O4S. The van der Waals surface area contributed by atoms with Gasteiger partial charge in [-0.1, -0.05) is 13.8 Å². The van der Waals surface area contributed by atoms with Gasteiger partial charge in [-0.15, -0.1) is 0 Å². The lowest BCUT2D eigenvalue weighted by Crippen LogP contribution is -2.27. The monoisotopic (exact) mass is 274 g/mol. The summed E-state index contributed by atoms with van der Waals surface area (Å²) in [5.41, 5.74) is -5.42. The fourth-order valence-electron chi connectivity index (χ4n) is 0.988. The van der Waals surface area contributed by atoms with E-state index in [4.69, 9.17) is 0 Å². The van der Waals surface area contributed by atoms with Crippen LogP contribution in [0.25, 0.3) is 0 Å². The molecule has 0 fully saturated rings. The van der Waals surface area contributed by atoms with Crippen molar-refractivity contribution in [2.75, 3.05) is 6.61 Å². The van der Waals surface area contributed by atoms with Gasteiger partial charge in [0.1, 0.15) is 0 Å². The number of sulfone groups is 1. The van der Waals surface area contributed by atoms with Gasteiger partial charge in [0, 0.05) is 6.08 Å². The lowest BCUT2D eigenvalue weighted by molar-refractivity contribution is -0.137.